The van der Waals surface area contributed by atoms with Gasteiger partial charge in [-0.1, -0.05) is 69.3 Å². The molecule has 0 aliphatic carbocycles. The van der Waals surface area contributed by atoms with E-state index in [0.29, 0.717) is 18.0 Å². The van der Waals surface area contributed by atoms with E-state index in [1.807, 2.05) is 24.3 Å². The average Bonchev–Trinajstić information content (AvgIpc) is 2.72. The standard InChI is InChI=1S/C22H25Br5O2/c23-12-6-2-1-3-8-17(24)15-16-7-4-5-9-19(16)28-13-14-29-20-11-10-18(25)21(26)22(20)27/h4-5,7,9-11,17H,1-3,6,8,12-15H2. The van der Waals surface area contributed by atoms with Gasteiger partial charge in [0.15, 0.2) is 0 Å². The number of halogens is 5. The fourth-order valence-electron chi connectivity index (χ4n) is 2.89. The molecule has 2 aromatic rings. The molecule has 1 unspecified atom stereocenters. The topological polar surface area (TPSA) is 18.5 Å². The van der Waals surface area contributed by atoms with Crippen LogP contribution in [0.3, 0.4) is 0 Å². The lowest BCUT2D eigenvalue weighted by molar-refractivity contribution is 0.215. The zero-order valence-corrected chi connectivity index (χ0v) is 24.0. The predicted octanol–water partition coefficient (Wildman–Crippen LogP) is 9.08. The van der Waals surface area contributed by atoms with Crippen molar-refractivity contribution in [2.24, 2.45) is 0 Å². The molecule has 2 aromatic carbocycles. The van der Waals surface area contributed by atoms with E-state index in [-0.39, 0.29) is 0 Å². The molecule has 2 nitrogen and oxygen atoms in total. The van der Waals surface area contributed by atoms with Crippen molar-refractivity contribution in [3.8, 4) is 11.5 Å². The van der Waals surface area contributed by atoms with Gasteiger partial charge in [0.1, 0.15) is 24.7 Å². The minimum absolute atomic E-state index is 0.476. The lowest BCUT2D eigenvalue weighted by Gasteiger charge is -2.15. The highest BCUT2D eigenvalue weighted by molar-refractivity contribution is 9.14. The Balaban J connectivity index is 1.79. The molecule has 0 fully saturated rings. The first-order valence-electron chi connectivity index (χ1n) is 9.70. The molecule has 0 saturated heterocycles. The fraction of sp³-hybridized carbons (Fsp3) is 0.455. The fourth-order valence-corrected chi connectivity index (χ4v) is 5.34. The maximum atomic E-state index is 6.02. The molecule has 29 heavy (non-hydrogen) atoms. The first-order valence-corrected chi connectivity index (χ1v) is 14.1. The molecule has 0 N–H and O–H groups in total. The van der Waals surface area contributed by atoms with E-state index in [9.17, 15) is 0 Å². The molecule has 0 saturated carbocycles. The number of hydrogen-bond donors (Lipinski definition) is 0. The average molecular weight is 721 g/mol. The van der Waals surface area contributed by atoms with Crippen LogP contribution < -0.4 is 9.47 Å². The summed E-state index contributed by atoms with van der Waals surface area (Å²) in [5.74, 6) is 1.73. The van der Waals surface area contributed by atoms with Crippen molar-refractivity contribution in [2.75, 3.05) is 18.5 Å². The van der Waals surface area contributed by atoms with Gasteiger partial charge in [0.2, 0.25) is 0 Å². The van der Waals surface area contributed by atoms with E-state index in [2.05, 4.69) is 91.8 Å². The molecule has 0 amide bonds. The first kappa shape index (κ1) is 25.7. The molecule has 0 radical (unpaired) electrons. The zero-order chi connectivity index (χ0) is 21.1. The molecule has 0 spiro atoms. The third-order valence-corrected chi connectivity index (χ3v) is 9.09. The minimum Gasteiger partial charge on any atom is -0.490 e. The monoisotopic (exact) mass is 716 g/mol. The summed E-state index contributed by atoms with van der Waals surface area (Å²) in [6.45, 7) is 0.975. The lowest BCUT2D eigenvalue weighted by Crippen LogP contribution is -2.11. The van der Waals surface area contributed by atoms with Crippen molar-refractivity contribution in [1.29, 1.82) is 0 Å². The number of hydrogen-bond acceptors (Lipinski definition) is 2. The predicted molar refractivity (Wildman–Crippen MR) is 140 cm³/mol. The highest BCUT2D eigenvalue weighted by Crippen LogP contribution is 2.37. The van der Waals surface area contributed by atoms with Crippen LogP contribution in [0, 0.1) is 0 Å². The maximum absolute atomic E-state index is 6.02. The van der Waals surface area contributed by atoms with Gasteiger partial charge in [-0.3, -0.25) is 0 Å². The van der Waals surface area contributed by atoms with Crippen LogP contribution in [0.5, 0.6) is 11.5 Å². The summed E-state index contributed by atoms with van der Waals surface area (Å²) in [4.78, 5) is 0.476. The van der Waals surface area contributed by atoms with Gasteiger partial charge in [-0.15, -0.1) is 0 Å². The van der Waals surface area contributed by atoms with Crippen molar-refractivity contribution >= 4 is 79.6 Å². The summed E-state index contributed by atoms with van der Waals surface area (Å²) < 4.78 is 14.7. The smallest absolute Gasteiger partial charge is 0.134 e. The number of para-hydroxylation sites is 1. The van der Waals surface area contributed by atoms with Gasteiger partial charge < -0.3 is 9.47 Å². The van der Waals surface area contributed by atoms with Crippen molar-refractivity contribution in [2.45, 2.75) is 43.4 Å². The second-order valence-electron chi connectivity index (χ2n) is 6.67. The third kappa shape index (κ3) is 9.22. The van der Waals surface area contributed by atoms with Crippen LogP contribution in [0.4, 0.5) is 0 Å². The summed E-state index contributed by atoms with van der Waals surface area (Å²) in [6.07, 6.45) is 7.28. The molecule has 0 bridgehead atoms. The molecular weight excluding hydrogens is 696 g/mol. The minimum atomic E-state index is 0.476. The van der Waals surface area contributed by atoms with Crippen molar-refractivity contribution in [3.63, 3.8) is 0 Å². The second-order valence-corrected chi connectivity index (χ2v) is 11.2. The Bertz CT molecular complexity index is 754. The quantitative estimate of drug-likeness (QED) is 0.117. The van der Waals surface area contributed by atoms with Gasteiger partial charge in [0.05, 0.1) is 4.47 Å². The molecule has 0 heterocycles. The molecule has 0 aromatic heterocycles. The molecule has 7 heteroatoms. The molecule has 0 aliphatic heterocycles. The van der Waals surface area contributed by atoms with Crippen LogP contribution in [0.15, 0.2) is 49.8 Å². The van der Waals surface area contributed by atoms with Crippen LogP contribution >= 0.6 is 79.6 Å². The van der Waals surface area contributed by atoms with Crippen LogP contribution in [0.2, 0.25) is 0 Å². The number of unbranched alkanes of at least 4 members (excludes halogenated alkanes) is 3. The van der Waals surface area contributed by atoms with Crippen molar-refractivity contribution in [1.82, 2.24) is 0 Å². The number of ether oxygens (including phenoxy) is 2. The molecular formula is C22H25Br5O2. The van der Waals surface area contributed by atoms with Crippen LogP contribution in [-0.4, -0.2) is 23.4 Å². The van der Waals surface area contributed by atoms with E-state index in [1.54, 1.807) is 0 Å². The second kappa shape index (κ2) is 14.5. The Morgan fingerprint density at radius 2 is 1.45 bits per heavy atom. The van der Waals surface area contributed by atoms with Gasteiger partial charge >= 0.3 is 0 Å². The van der Waals surface area contributed by atoms with Crippen molar-refractivity contribution in [3.05, 3.63) is 55.4 Å². The van der Waals surface area contributed by atoms with E-state index in [1.165, 1.54) is 37.7 Å². The normalized spacial score (nSPS) is 12.0. The Labute approximate surface area is 216 Å². The molecule has 160 valence electrons. The maximum Gasteiger partial charge on any atom is 0.134 e. The van der Waals surface area contributed by atoms with Crippen LogP contribution in [0.1, 0.15) is 37.7 Å². The summed E-state index contributed by atoms with van der Waals surface area (Å²) >= 11 is 17.9. The van der Waals surface area contributed by atoms with Gasteiger partial charge in [0.25, 0.3) is 0 Å². The summed E-state index contributed by atoms with van der Waals surface area (Å²) in [6, 6.07) is 12.2. The Hall–Kier alpha value is 0.440. The Kier molecular flexibility index (Phi) is 12.8. The summed E-state index contributed by atoms with van der Waals surface area (Å²) in [5, 5.41) is 1.11. The van der Waals surface area contributed by atoms with E-state index in [0.717, 1.165) is 36.7 Å². The largest absolute Gasteiger partial charge is 0.490 e. The number of rotatable bonds is 13. The summed E-state index contributed by atoms with van der Waals surface area (Å²) in [7, 11) is 0. The van der Waals surface area contributed by atoms with Crippen LogP contribution in [0.25, 0.3) is 0 Å². The molecule has 2 rings (SSSR count). The van der Waals surface area contributed by atoms with Gasteiger partial charge in [-0.05, 0) is 90.8 Å². The highest BCUT2D eigenvalue weighted by atomic mass is 79.9. The van der Waals surface area contributed by atoms with Gasteiger partial charge in [-0.2, -0.15) is 0 Å². The Morgan fingerprint density at radius 1 is 0.759 bits per heavy atom. The van der Waals surface area contributed by atoms with E-state index >= 15 is 0 Å². The SMILES string of the molecule is BrCCCCCCC(Br)Cc1ccccc1OCCOc1ccc(Br)c(Br)c1Br. The van der Waals surface area contributed by atoms with Crippen molar-refractivity contribution < 1.29 is 9.47 Å². The van der Waals surface area contributed by atoms with E-state index < -0.39 is 0 Å². The number of benzene rings is 2. The molecule has 0 aliphatic rings. The van der Waals surface area contributed by atoms with E-state index in [4.69, 9.17) is 9.47 Å². The van der Waals surface area contributed by atoms with Crippen LogP contribution in [-0.2, 0) is 6.42 Å². The first-order chi connectivity index (χ1) is 14.0. The lowest BCUT2D eigenvalue weighted by atomic mass is 10.0. The van der Waals surface area contributed by atoms with Gasteiger partial charge in [-0.25, -0.2) is 0 Å². The highest BCUT2D eigenvalue weighted by Gasteiger charge is 2.11. The number of alkyl halides is 2. The van der Waals surface area contributed by atoms with Gasteiger partial charge in [0, 0.05) is 19.1 Å². The Morgan fingerprint density at radius 3 is 2.21 bits per heavy atom. The third-order valence-electron chi connectivity index (χ3n) is 4.41. The zero-order valence-electron chi connectivity index (χ0n) is 16.1. The summed E-state index contributed by atoms with van der Waals surface area (Å²) in [5.41, 5.74) is 1.24. The molecule has 1 atom stereocenters.